The van der Waals surface area contributed by atoms with Crippen molar-refractivity contribution in [2.75, 3.05) is 36.0 Å². The molecule has 0 aliphatic carbocycles. The molecule has 42 heavy (non-hydrogen) atoms. The summed E-state index contributed by atoms with van der Waals surface area (Å²) in [5.74, 6) is 0.477. The van der Waals surface area contributed by atoms with Gasteiger partial charge in [-0.15, -0.1) is 0 Å². The number of amides is 3. The summed E-state index contributed by atoms with van der Waals surface area (Å²) in [5, 5.41) is 2.68. The van der Waals surface area contributed by atoms with Crippen LogP contribution >= 0.6 is 0 Å². The number of carbonyl (C=O) groups excluding carboxylic acids is 2. The molecule has 1 unspecified atom stereocenters. The number of benzene rings is 3. The van der Waals surface area contributed by atoms with Gasteiger partial charge in [0.2, 0.25) is 5.91 Å². The second-order valence-electron chi connectivity index (χ2n) is 10.0. The van der Waals surface area contributed by atoms with Crippen LogP contribution in [0, 0.1) is 6.92 Å². The predicted octanol–water partition coefficient (Wildman–Crippen LogP) is 4.53. The molecule has 0 saturated carbocycles. The molecule has 0 spiro atoms. The van der Waals surface area contributed by atoms with Crippen molar-refractivity contribution in [2.24, 2.45) is 0 Å². The number of fused-ring (bicyclic) bond motifs is 1. The van der Waals surface area contributed by atoms with E-state index in [0.29, 0.717) is 48.0 Å². The van der Waals surface area contributed by atoms with Gasteiger partial charge in [-0.1, -0.05) is 37.3 Å². The Morgan fingerprint density at radius 3 is 2.33 bits per heavy atom. The molecule has 2 N–H and O–H groups in total. The van der Waals surface area contributed by atoms with E-state index in [-0.39, 0.29) is 12.5 Å². The van der Waals surface area contributed by atoms with Gasteiger partial charge in [0, 0.05) is 24.7 Å². The first-order chi connectivity index (χ1) is 20.1. The van der Waals surface area contributed by atoms with Gasteiger partial charge in [0.1, 0.15) is 17.5 Å². The SMILES string of the molecule is CCOc1ccc(N(CC)C(=O)C(NC(=O)NS(=O)(=O)N2CCc3cc(OC)cc(C)c32)[C@H](C)c2ccccc2)cc1. The second-order valence-corrected chi connectivity index (χ2v) is 11.6. The number of aryl methyl sites for hydroxylation is 1. The van der Waals surface area contributed by atoms with Crippen LogP contribution in [0.1, 0.15) is 43.4 Å². The van der Waals surface area contributed by atoms with Crippen LogP contribution in [0.5, 0.6) is 11.5 Å². The van der Waals surface area contributed by atoms with Gasteiger partial charge < -0.3 is 19.7 Å². The maximum atomic E-state index is 14.0. The van der Waals surface area contributed by atoms with Crippen LogP contribution in [-0.2, 0) is 21.4 Å². The van der Waals surface area contributed by atoms with Crippen LogP contribution in [0.3, 0.4) is 0 Å². The van der Waals surface area contributed by atoms with Crippen LogP contribution in [-0.4, -0.2) is 53.2 Å². The van der Waals surface area contributed by atoms with Crippen LogP contribution in [0.4, 0.5) is 16.2 Å². The number of urea groups is 1. The van der Waals surface area contributed by atoms with Gasteiger partial charge in [-0.3, -0.25) is 9.10 Å². The quantitative estimate of drug-likeness (QED) is 0.337. The fraction of sp³-hybridized carbons (Fsp3) is 0.355. The van der Waals surface area contributed by atoms with Crippen molar-refractivity contribution in [1.82, 2.24) is 10.0 Å². The number of hydrogen-bond donors (Lipinski definition) is 2. The zero-order chi connectivity index (χ0) is 30.4. The van der Waals surface area contributed by atoms with Crippen molar-refractivity contribution in [3.8, 4) is 11.5 Å². The lowest BCUT2D eigenvalue weighted by Gasteiger charge is -2.31. The summed E-state index contributed by atoms with van der Waals surface area (Å²) in [6, 6.07) is 17.9. The van der Waals surface area contributed by atoms with E-state index in [1.807, 2.05) is 51.1 Å². The van der Waals surface area contributed by atoms with E-state index in [4.69, 9.17) is 9.47 Å². The molecular weight excluding hydrogens is 556 g/mol. The summed E-state index contributed by atoms with van der Waals surface area (Å²) < 4.78 is 41.0. The van der Waals surface area contributed by atoms with Crippen molar-refractivity contribution in [2.45, 2.75) is 46.1 Å². The topological polar surface area (TPSA) is 117 Å². The Hall–Kier alpha value is -4.25. The van der Waals surface area contributed by atoms with Gasteiger partial charge in [0.15, 0.2) is 0 Å². The molecule has 0 aromatic heterocycles. The number of likely N-dealkylation sites (N-methyl/N-ethyl adjacent to an activating group) is 1. The lowest BCUT2D eigenvalue weighted by Crippen LogP contribution is -2.56. The van der Waals surface area contributed by atoms with E-state index >= 15 is 0 Å². The molecule has 0 bridgehead atoms. The third kappa shape index (κ3) is 6.62. The normalized spacial score (nSPS) is 14.0. The molecule has 4 rings (SSSR count). The number of methoxy groups -OCH3 is 1. The second kappa shape index (κ2) is 13.2. The Morgan fingerprint density at radius 1 is 1.02 bits per heavy atom. The third-order valence-electron chi connectivity index (χ3n) is 7.35. The molecule has 0 fully saturated rings. The van der Waals surface area contributed by atoms with Gasteiger partial charge in [-0.2, -0.15) is 8.42 Å². The molecule has 3 aromatic carbocycles. The highest BCUT2D eigenvalue weighted by molar-refractivity contribution is 7.91. The van der Waals surface area contributed by atoms with Crippen molar-refractivity contribution in [3.05, 3.63) is 83.4 Å². The monoisotopic (exact) mass is 594 g/mol. The highest BCUT2D eigenvalue weighted by atomic mass is 32.2. The Kier molecular flexibility index (Phi) is 9.62. The molecule has 10 nitrogen and oxygen atoms in total. The van der Waals surface area contributed by atoms with Crippen LogP contribution in [0.15, 0.2) is 66.7 Å². The van der Waals surface area contributed by atoms with Gasteiger partial charge in [-0.25, -0.2) is 9.52 Å². The highest BCUT2D eigenvalue weighted by Crippen LogP contribution is 2.36. The van der Waals surface area contributed by atoms with Crippen molar-refractivity contribution in [3.63, 3.8) is 0 Å². The van der Waals surface area contributed by atoms with Gasteiger partial charge in [0.25, 0.3) is 0 Å². The zero-order valence-electron chi connectivity index (χ0n) is 24.6. The van der Waals surface area contributed by atoms with Gasteiger partial charge in [0.05, 0.1) is 19.4 Å². The molecule has 11 heteroatoms. The number of nitrogens with zero attached hydrogens (tertiary/aromatic N) is 2. The number of carbonyl (C=O) groups is 2. The van der Waals surface area contributed by atoms with Crippen LogP contribution in [0.2, 0.25) is 0 Å². The Bertz CT molecular complexity index is 1510. The fourth-order valence-corrected chi connectivity index (χ4v) is 6.51. The van der Waals surface area contributed by atoms with E-state index in [2.05, 4.69) is 10.0 Å². The highest BCUT2D eigenvalue weighted by Gasteiger charge is 2.36. The Labute approximate surface area is 247 Å². The summed E-state index contributed by atoms with van der Waals surface area (Å²) in [5.41, 5.74) is 3.50. The van der Waals surface area contributed by atoms with E-state index in [0.717, 1.165) is 11.1 Å². The molecule has 1 heterocycles. The maximum Gasteiger partial charge on any atom is 0.330 e. The van der Waals surface area contributed by atoms with Crippen LogP contribution in [0.25, 0.3) is 0 Å². The molecule has 3 aromatic rings. The van der Waals surface area contributed by atoms with Crippen molar-refractivity contribution < 1.29 is 27.5 Å². The molecule has 0 radical (unpaired) electrons. The largest absolute Gasteiger partial charge is 0.497 e. The minimum atomic E-state index is -4.27. The molecular formula is C31H38N4O6S. The van der Waals surface area contributed by atoms with E-state index in [1.54, 1.807) is 55.3 Å². The maximum absolute atomic E-state index is 14.0. The molecule has 3 amide bonds. The van der Waals surface area contributed by atoms with Crippen molar-refractivity contribution in [1.29, 1.82) is 0 Å². The number of anilines is 2. The number of nitrogens with one attached hydrogen (secondary N) is 2. The molecule has 1 aliphatic rings. The smallest absolute Gasteiger partial charge is 0.330 e. The van der Waals surface area contributed by atoms with E-state index in [9.17, 15) is 18.0 Å². The summed E-state index contributed by atoms with van der Waals surface area (Å²) in [6.07, 6.45) is 0.482. The first-order valence-electron chi connectivity index (χ1n) is 14.0. The fourth-order valence-electron chi connectivity index (χ4n) is 5.27. The van der Waals surface area contributed by atoms with E-state index < -0.39 is 28.2 Å². The third-order valence-corrected chi connectivity index (χ3v) is 8.74. The molecule has 224 valence electrons. The average Bonchev–Trinajstić information content (AvgIpc) is 3.43. The Balaban J connectivity index is 1.59. The van der Waals surface area contributed by atoms with Crippen LogP contribution < -0.4 is 28.7 Å². The van der Waals surface area contributed by atoms with E-state index in [1.165, 1.54) is 4.31 Å². The molecule has 1 aliphatic heterocycles. The lowest BCUT2D eigenvalue weighted by molar-refractivity contribution is -0.120. The first kappa shape index (κ1) is 30.7. The lowest BCUT2D eigenvalue weighted by atomic mass is 9.92. The number of rotatable bonds is 11. The number of ether oxygens (including phenoxy) is 2. The minimum Gasteiger partial charge on any atom is -0.497 e. The summed E-state index contributed by atoms with van der Waals surface area (Å²) in [6.45, 7) is 8.38. The zero-order valence-corrected chi connectivity index (χ0v) is 25.4. The summed E-state index contributed by atoms with van der Waals surface area (Å²) >= 11 is 0. The van der Waals surface area contributed by atoms with Gasteiger partial charge in [-0.05, 0) is 80.3 Å². The van der Waals surface area contributed by atoms with Crippen molar-refractivity contribution >= 4 is 33.5 Å². The Morgan fingerprint density at radius 2 is 1.71 bits per heavy atom. The van der Waals surface area contributed by atoms with Gasteiger partial charge >= 0.3 is 16.2 Å². The number of hydrogen-bond acceptors (Lipinski definition) is 6. The summed E-state index contributed by atoms with van der Waals surface area (Å²) in [7, 11) is -2.72. The summed E-state index contributed by atoms with van der Waals surface area (Å²) in [4.78, 5) is 28.9. The minimum absolute atomic E-state index is 0.177. The molecule has 2 atom stereocenters. The predicted molar refractivity (Wildman–Crippen MR) is 164 cm³/mol. The standard InChI is InChI=1S/C31H38N4O6S/c1-6-34(25-13-15-26(16-14-25)41-7-2)30(36)28(22(4)23-11-9-8-10-12-23)32-31(37)33-42(38,39)35-18-17-24-20-27(40-5)19-21(3)29(24)35/h8-16,19-20,22,28H,6-7,17-18H2,1-5H3,(H2,32,33,37)/t22-,28?/m1/s1. The average molecular weight is 595 g/mol. The molecule has 0 saturated heterocycles. The first-order valence-corrected chi connectivity index (χ1v) is 15.4.